The SMILES string of the molecule is Cc1ccc(-c2nc(C)c(C)s2)s1. The van der Waals surface area contributed by atoms with Crippen LogP contribution in [0.4, 0.5) is 0 Å². The Bertz CT molecular complexity index is 406. The van der Waals surface area contributed by atoms with E-state index in [-0.39, 0.29) is 0 Å². The fraction of sp³-hybridized carbons (Fsp3) is 0.300. The third-order valence-electron chi connectivity index (χ3n) is 1.98. The molecule has 1 nitrogen and oxygen atoms in total. The average molecular weight is 209 g/mol. The van der Waals surface area contributed by atoms with Gasteiger partial charge < -0.3 is 0 Å². The molecule has 2 rings (SSSR count). The van der Waals surface area contributed by atoms with Crippen molar-refractivity contribution >= 4 is 22.7 Å². The molecule has 2 aromatic heterocycles. The summed E-state index contributed by atoms with van der Waals surface area (Å²) < 4.78 is 0. The second kappa shape index (κ2) is 3.24. The Balaban J connectivity index is 2.46. The molecule has 2 aromatic rings. The molecule has 0 aromatic carbocycles. The van der Waals surface area contributed by atoms with Crippen molar-refractivity contribution in [3.63, 3.8) is 0 Å². The van der Waals surface area contributed by atoms with Crippen LogP contribution in [-0.2, 0) is 0 Å². The van der Waals surface area contributed by atoms with Crippen LogP contribution in [0.1, 0.15) is 15.4 Å². The van der Waals surface area contributed by atoms with Crippen molar-refractivity contribution in [1.29, 1.82) is 0 Å². The van der Waals surface area contributed by atoms with Gasteiger partial charge >= 0.3 is 0 Å². The summed E-state index contributed by atoms with van der Waals surface area (Å²) in [5.74, 6) is 0. The highest BCUT2D eigenvalue weighted by Crippen LogP contribution is 2.32. The molecule has 68 valence electrons. The summed E-state index contributed by atoms with van der Waals surface area (Å²) in [6, 6.07) is 4.30. The molecule has 13 heavy (non-hydrogen) atoms. The van der Waals surface area contributed by atoms with E-state index < -0.39 is 0 Å². The van der Waals surface area contributed by atoms with Crippen LogP contribution in [0.3, 0.4) is 0 Å². The van der Waals surface area contributed by atoms with E-state index in [1.807, 2.05) is 11.3 Å². The van der Waals surface area contributed by atoms with Gasteiger partial charge in [-0.2, -0.15) is 0 Å². The van der Waals surface area contributed by atoms with E-state index in [0.717, 1.165) is 10.7 Å². The molecule has 0 aliphatic carbocycles. The first-order valence-electron chi connectivity index (χ1n) is 4.17. The zero-order valence-electron chi connectivity index (χ0n) is 7.92. The lowest BCUT2D eigenvalue weighted by molar-refractivity contribution is 1.24. The number of aryl methyl sites for hydroxylation is 3. The first-order valence-corrected chi connectivity index (χ1v) is 5.81. The predicted octanol–water partition coefficient (Wildman–Crippen LogP) is 3.80. The molecule has 0 aliphatic rings. The zero-order valence-corrected chi connectivity index (χ0v) is 9.55. The van der Waals surface area contributed by atoms with E-state index in [2.05, 4.69) is 37.9 Å². The quantitative estimate of drug-likeness (QED) is 0.696. The summed E-state index contributed by atoms with van der Waals surface area (Å²) >= 11 is 3.59. The fourth-order valence-corrected chi connectivity index (χ4v) is 2.96. The Morgan fingerprint density at radius 1 is 1.08 bits per heavy atom. The van der Waals surface area contributed by atoms with Gasteiger partial charge in [-0.25, -0.2) is 4.98 Å². The van der Waals surface area contributed by atoms with Crippen molar-refractivity contribution in [2.24, 2.45) is 0 Å². The van der Waals surface area contributed by atoms with Crippen LogP contribution < -0.4 is 0 Å². The third kappa shape index (κ3) is 1.67. The van der Waals surface area contributed by atoms with Crippen LogP contribution in [-0.4, -0.2) is 4.98 Å². The molecular weight excluding hydrogens is 198 g/mol. The monoisotopic (exact) mass is 209 g/mol. The second-order valence-electron chi connectivity index (χ2n) is 3.07. The van der Waals surface area contributed by atoms with E-state index in [4.69, 9.17) is 0 Å². The Morgan fingerprint density at radius 3 is 2.31 bits per heavy atom. The lowest BCUT2D eigenvalue weighted by atomic mass is 10.4. The number of nitrogens with zero attached hydrogens (tertiary/aromatic N) is 1. The first kappa shape index (κ1) is 8.91. The molecule has 0 aliphatic heterocycles. The Morgan fingerprint density at radius 2 is 1.85 bits per heavy atom. The van der Waals surface area contributed by atoms with Crippen molar-refractivity contribution in [2.45, 2.75) is 20.8 Å². The second-order valence-corrected chi connectivity index (χ2v) is 5.56. The molecule has 3 heteroatoms. The highest BCUT2D eigenvalue weighted by Gasteiger charge is 2.07. The van der Waals surface area contributed by atoms with Gasteiger partial charge in [-0.1, -0.05) is 0 Å². The average Bonchev–Trinajstić information content (AvgIpc) is 2.61. The summed E-state index contributed by atoms with van der Waals surface area (Å²) in [6.07, 6.45) is 0. The standard InChI is InChI=1S/C10H11NS2/c1-6-4-5-9(12-6)10-11-7(2)8(3)13-10/h4-5H,1-3H3. The minimum atomic E-state index is 1.16. The summed E-state index contributed by atoms with van der Waals surface area (Å²) in [7, 11) is 0. The van der Waals surface area contributed by atoms with E-state index >= 15 is 0 Å². The molecule has 0 spiro atoms. The van der Waals surface area contributed by atoms with Crippen molar-refractivity contribution in [1.82, 2.24) is 4.98 Å². The fourth-order valence-electron chi connectivity index (χ4n) is 1.13. The van der Waals surface area contributed by atoms with Crippen LogP contribution in [0.15, 0.2) is 12.1 Å². The number of hydrogen-bond donors (Lipinski definition) is 0. The molecule has 0 unspecified atom stereocenters. The van der Waals surface area contributed by atoms with E-state index in [1.54, 1.807) is 11.3 Å². The first-order chi connectivity index (χ1) is 6.16. The van der Waals surface area contributed by atoms with Gasteiger partial charge in [0.1, 0.15) is 5.01 Å². The molecule has 0 fully saturated rings. The van der Waals surface area contributed by atoms with Crippen LogP contribution >= 0.6 is 22.7 Å². The maximum atomic E-state index is 4.52. The summed E-state index contributed by atoms with van der Waals surface area (Å²) in [5, 5.41) is 1.16. The Kier molecular flexibility index (Phi) is 2.22. The molecule has 0 amide bonds. The molecule has 2 heterocycles. The van der Waals surface area contributed by atoms with Gasteiger partial charge in [-0.3, -0.25) is 0 Å². The lowest BCUT2D eigenvalue weighted by Gasteiger charge is -1.85. The lowest BCUT2D eigenvalue weighted by Crippen LogP contribution is -1.72. The van der Waals surface area contributed by atoms with E-state index in [9.17, 15) is 0 Å². The molecule has 0 saturated carbocycles. The highest BCUT2D eigenvalue weighted by molar-refractivity contribution is 7.21. The van der Waals surface area contributed by atoms with Crippen LogP contribution in [0.2, 0.25) is 0 Å². The minimum absolute atomic E-state index is 1.16. The van der Waals surface area contributed by atoms with Gasteiger partial charge in [-0.05, 0) is 32.9 Å². The number of rotatable bonds is 1. The zero-order chi connectivity index (χ0) is 9.42. The maximum Gasteiger partial charge on any atom is 0.133 e. The van der Waals surface area contributed by atoms with Gasteiger partial charge in [-0.15, -0.1) is 22.7 Å². The number of thiophene rings is 1. The number of hydrogen-bond acceptors (Lipinski definition) is 3. The van der Waals surface area contributed by atoms with Crippen LogP contribution in [0, 0.1) is 20.8 Å². The van der Waals surface area contributed by atoms with Crippen molar-refractivity contribution in [3.8, 4) is 9.88 Å². The third-order valence-corrected chi connectivity index (χ3v) is 4.22. The Hall–Kier alpha value is -0.670. The molecule has 0 bridgehead atoms. The minimum Gasteiger partial charge on any atom is -0.240 e. The highest BCUT2D eigenvalue weighted by atomic mass is 32.1. The normalized spacial score (nSPS) is 10.7. The van der Waals surface area contributed by atoms with Crippen LogP contribution in [0.5, 0.6) is 0 Å². The van der Waals surface area contributed by atoms with E-state index in [1.165, 1.54) is 14.6 Å². The van der Waals surface area contributed by atoms with Crippen molar-refractivity contribution in [2.75, 3.05) is 0 Å². The van der Waals surface area contributed by atoms with E-state index in [0.29, 0.717) is 0 Å². The van der Waals surface area contributed by atoms with Crippen LogP contribution in [0.25, 0.3) is 9.88 Å². The van der Waals surface area contributed by atoms with Gasteiger partial charge in [0, 0.05) is 9.75 Å². The summed E-state index contributed by atoms with van der Waals surface area (Å²) in [5.41, 5.74) is 1.16. The van der Waals surface area contributed by atoms with Gasteiger partial charge in [0.25, 0.3) is 0 Å². The topological polar surface area (TPSA) is 12.9 Å². The molecular formula is C10H11NS2. The molecule has 0 atom stereocenters. The Labute approximate surface area is 86.1 Å². The smallest absolute Gasteiger partial charge is 0.133 e. The largest absolute Gasteiger partial charge is 0.240 e. The number of aromatic nitrogens is 1. The summed E-state index contributed by atoms with van der Waals surface area (Å²) in [6.45, 7) is 6.31. The molecule has 0 N–H and O–H groups in total. The van der Waals surface area contributed by atoms with Gasteiger partial charge in [0.05, 0.1) is 10.6 Å². The van der Waals surface area contributed by atoms with Gasteiger partial charge in [0.15, 0.2) is 0 Å². The van der Waals surface area contributed by atoms with Crippen molar-refractivity contribution in [3.05, 3.63) is 27.6 Å². The number of thiazole rings is 1. The maximum absolute atomic E-state index is 4.52. The predicted molar refractivity (Wildman–Crippen MR) is 59.6 cm³/mol. The van der Waals surface area contributed by atoms with Crippen molar-refractivity contribution < 1.29 is 0 Å². The molecule has 0 saturated heterocycles. The molecule has 0 radical (unpaired) electrons. The van der Waals surface area contributed by atoms with Gasteiger partial charge in [0.2, 0.25) is 0 Å². The summed E-state index contributed by atoms with van der Waals surface area (Å²) in [4.78, 5) is 8.48.